The number of methoxy groups -OCH3 is 1. The minimum Gasteiger partial charge on any atom is -0.479 e. The van der Waals surface area contributed by atoms with E-state index in [0.29, 0.717) is 5.56 Å². The van der Waals surface area contributed by atoms with E-state index < -0.39 is 49.1 Å². The molecular weight excluding hydrogens is 477 g/mol. The Bertz CT molecular complexity index is 1160. The van der Waals surface area contributed by atoms with Gasteiger partial charge < -0.3 is 30.5 Å². The van der Waals surface area contributed by atoms with Gasteiger partial charge in [-0.25, -0.2) is 19.0 Å². The lowest BCUT2D eigenvalue weighted by Crippen LogP contribution is -2.53. The number of carboxylic acids is 2. The van der Waals surface area contributed by atoms with E-state index in [-0.39, 0.29) is 22.3 Å². The Morgan fingerprint density at radius 1 is 1.24 bits per heavy atom. The SMILES string of the molecule is CO[C@H](COC(Cc1ccccc1)(C(=O)O)C(=O)O)[C@@H](O)[C@H](F)n1cnc2c(N)nc(Cl)nc21. The number of aliphatic carboxylic acids is 2. The number of hydrogen-bond donors (Lipinski definition) is 4. The molecule has 0 fully saturated rings. The Labute approximate surface area is 196 Å². The van der Waals surface area contributed by atoms with Gasteiger partial charge in [0.15, 0.2) is 11.5 Å². The summed E-state index contributed by atoms with van der Waals surface area (Å²) in [6.45, 7) is -0.770. The summed E-state index contributed by atoms with van der Waals surface area (Å²) in [7, 11) is 1.12. The molecule has 14 heteroatoms. The summed E-state index contributed by atoms with van der Waals surface area (Å²) >= 11 is 5.77. The third-order valence-corrected chi connectivity index (χ3v) is 5.30. The number of ether oxygens (including phenoxy) is 2. The van der Waals surface area contributed by atoms with E-state index in [2.05, 4.69) is 15.0 Å². The van der Waals surface area contributed by atoms with Crippen LogP contribution in [0.5, 0.6) is 0 Å². The maximum absolute atomic E-state index is 15.2. The zero-order valence-corrected chi connectivity index (χ0v) is 18.5. The second-order valence-electron chi connectivity index (χ2n) is 7.25. The van der Waals surface area contributed by atoms with Crippen molar-refractivity contribution >= 4 is 40.5 Å². The number of carboxylic acid groups (broad SMARTS) is 2. The number of anilines is 1. The number of fused-ring (bicyclic) bond motifs is 1. The van der Waals surface area contributed by atoms with Crippen LogP contribution in [0.4, 0.5) is 10.2 Å². The van der Waals surface area contributed by atoms with Gasteiger partial charge in [0.1, 0.15) is 17.7 Å². The number of rotatable bonds is 11. The second-order valence-corrected chi connectivity index (χ2v) is 7.59. The van der Waals surface area contributed by atoms with Crippen molar-refractivity contribution in [2.24, 2.45) is 0 Å². The van der Waals surface area contributed by atoms with E-state index in [9.17, 15) is 24.9 Å². The first-order chi connectivity index (χ1) is 16.1. The van der Waals surface area contributed by atoms with Gasteiger partial charge in [-0.1, -0.05) is 30.3 Å². The summed E-state index contributed by atoms with van der Waals surface area (Å²) in [5, 5.41) is 29.7. The van der Waals surface area contributed by atoms with Crippen LogP contribution in [-0.4, -0.2) is 78.3 Å². The number of aliphatic hydroxyl groups is 1. The van der Waals surface area contributed by atoms with Crippen molar-refractivity contribution in [3.8, 4) is 0 Å². The van der Waals surface area contributed by atoms with Gasteiger partial charge >= 0.3 is 11.9 Å². The summed E-state index contributed by atoms with van der Waals surface area (Å²) < 4.78 is 26.4. The van der Waals surface area contributed by atoms with Gasteiger partial charge in [-0.05, 0) is 17.2 Å². The lowest BCUT2D eigenvalue weighted by molar-refractivity contribution is -0.192. The second kappa shape index (κ2) is 10.3. The van der Waals surface area contributed by atoms with Gasteiger partial charge in [0.2, 0.25) is 11.6 Å². The van der Waals surface area contributed by atoms with Crippen LogP contribution >= 0.6 is 11.6 Å². The Kier molecular flexibility index (Phi) is 7.61. The number of nitrogen functional groups attached to an aromatic ring is 1. The molecule has 34 heavy (non-hydrogen) atoms. The van der Waals surface area contributed by atoms with Crippen molar-refractivity contribution < 1.29 is 38.8 Å². The third-order valence-electron chi connectivity index (χ3n) is 5.13. The number of imidazole rings is 1. The lowest BCUT2D eigenvalue weighted by Gasteiger charge is -2.30. The van der Waals surface area contributed by atoms with E-state index in [1.165, 1.54) is 12.1 Å². The van der Waals surface area contributed by atoms with Gasteiger partial charge in [-0.15, -0.1) is 0 Å². The molecule has 0 amide bonds. The Morgan fingerprint density at radius 3 is 2.47 bits per heavy atom. The van der Waals surface area contributed by atoms with E-state index >= 15 is 4.39 Å². The molecule has 3 aromatic rings. The molecule has 182 valence electrons. The molecule has 0 bridgehead atoms. The van der Waals surface area contributed by atoms with Crippen LogP contribution in [0.3, 0.4) is 0 Å². The van der Waals surface area contributed by atoms with Crippen LogP contribution in [0.2, 0.25) is 5.28 Å². The predicted octanol–water partition coefficient (Wildman–Crippen LogP) is 1.07. The largest absolute Gasteiger partial charge is 0.479 e. The number of nitrogens with two attached hydrogens (primary N) is 1. The Balaban J connectivity index is 1.84. The fourth-order valence-electron chi connectivity index (χ4n) is 3.26. The number of hydrogen-bond acceptors (Lipinski definition) is 9. The maximum atomic E-state index is 15.2. The van der Waals surface area contributed by atoms with E-state index in [4.69, 9.17) is 26.8 Å². The number of halogens is 2. The fraction of sp³-hybridized carbons (Fsp3) is 0.350. The highest BCUT2D eigenvalue weighted by Gasteiger charge is 2.49. The Morgan fingerprint density at radius 2 is 1.88 bits per heavy atom. The lowest BCUT2D eigenvalue weighted by atomic mass is 9.94. The third kappa shape index (κ3) is 4.92. The normalized spacial score (nSPS) is 14.6. The monoisotopic (exact) mass is 497 g/mol. The first-order valence-corrected chi connectivity index (χ1v) is 10.1. The van der Waals surface area contributed by atoms with Crippen molar-refractivity contribution in [2.75, 3.05) is 19.5 Å². The smallest absolute Gasteiger partial charge is 0.348 e. The van der Waals surface area contributed by atoms with E-state index in [1.54, 1.807) is 18.2 Å². The first kappa shape index (κ1) is 25.2. The van der Waals surface area contributed by atoms with Crippen molar-refractivity contribution in [1.29, 1.82) is 0 Å². The molecule has 5 N–H and O–H groups in total. The van der Waals surface area contributed by atoms with Crippen LogP contribution in [0.15, 0.2) is 36.7 Å². The van der Waals surface area contributed by atoms with Crippen molar-refractivity contribution in [3.05, 3.63) is 47.5 Å². The average molecular weight is 498 g/mol. The molecule has 3 atom stereocenters. The van der Waals surface area contributed by atoms with Crippen molar-refractivity contribution in [2.45, 2.75) is 30.5 Å². The number of nitrogens with zero attached hydrogens (tertiary/aromatic N) is 4. The highest BCUT2D eigenvalue weighted by molar-refractivity contribution is 6.28. The van der Waals surface area contributed by atoms with Crippen LogP contribution in [0.1, 0.15) is 11.9 Å². The van der Waals surface area contributed by atoms with Crippen molar-refractivity contribution in [1.82, 2.24) is 19.5 Å². The van der Waals surface area contributed by atoms with Crippen molar-refractivity contribution in [3.63, 3.8) is 0 Å². The van der Waals surface area contributed by atoms with Crippen LogP contribution in [0, 0.1) is 0 Å². The standard InChI is InChI=1S/C20H21ClFN5O7/c1-33-11(8-34-20(17(29)30,18(31)32)7-10-5-3-2-4-6-10)13(28)14(22)27-9-24-12-15(23)25-19(21)26-16(12)27/h2-6,9,11,13-14,28H,7-8H2,1H3,(H,29,30)(H,31,32)(H2,23,25,26)/t11-,13-,14-/m1/s1. The topological polar surface area (TPSA) is 183 Å². The number of benzene rings is 1. The fourth-order valence-corrected chi connectivity index (χ4v) is 3.44. The zero-order chi connectivity index (χ0) is 25.0. The van der Waals surface area contributed by atoms with Gasteiger partial charge in [0.25, 0.3) is 5.60 Å². The molecule has 2 aromatic heterocycles. The Hall–Kier alpha value is -3.39. The van der Waals surface area contributed by atoms with Crippen LogP contribution in [0.25, 0.3) is 11.2 Å². The summed E-state index contributed by atoms with van der Waals surface area (Å²) in [5.74, 6) is -3.64. The molecule has 0 radical (unpaired) electrons. The average Bonchev–Trinajstić information content (AvgIpc) is 3.22. The minimum atomic E-state index is -2.71. The summed E-state index contributed by atoms with van der Waals surface area (Å²) in [6.07, 6.45) is -5.15. The van der Waals surface area contributed by atoms with E-state index in [1.807, 2.05) is 0 Å². The zero-order valence-electron chi connectivity index (χ0n) is 17.7. The molecule has 3 rings (SSSR count). The first-order valence-electron chi connectivity index (χ1n) is 9.76. The molecule has 0 unspecified atom stereocenters. The number of aromatic nitrogens is 4. The quantitative estimate of drug-likeness (QED) is 0.219. The summed E-state index contributed by atoms with van der Waals surface area (Å²) in [6, 6.07) is 7.96. The van der Waals surface area contributed by atoms with E-state index in [0.717, 1.165) is 18.0 Å². The molecule has 0 saturated heterocycles. The molecule has 0 aliphatic rings. The predicted molar refractivity (Wildman–Crippen MR) is 116 cm³/mol. The number of alkyl halides is 1. The molecule has 0 spiro atoms. The molecular formula is C20H21ClFN5O7. The highest BCUT2D eigenvalue weighted by atomic mass is 35.5. The van der Waals surface area contributed by atoms with Crippen LogP contribution < -0.4 is 5.73 Å². The van der Waals surface area contributed by atoms with Gasteiger partial charge in [-0.2, -0.15) is 9.97 Å². The highest BCUT2D eigenvalue weighted by Crippen LogP contribution is 2.27. The molecule has 0 saturated carbocycles. The number of aliphatic hydroxyl groups excluding tert-OH is 1. The van der Waals surface area contributed by atoms with Gasteiger partial charge in [0, 0.05) is 13.5 Å². The maximum Gasteiger partial charge on any atom is 0.348 e. The summed E-state index contributed by atoms with van der Waals surface area (Å²) in [4.78, 5) is 35.3. The van der Waals surface area contributed by atoms with Gasteiger partial charge in [-0.3, -0.25) is 4.57 Å². The molecule has 0 aliphatic heterocycles. The van der Waals surface area contributed by atoms with Gasteiger partial charge in [0.05, 0.1) is 12.9 Å². The molecule has 2 heterocycles. The summed E-state index contributed by atoms with van der Waals surface area (Å²) in [5.41, 5.74) is 3.31. The molecule has 0 aliphatic carbocycles. The number of carbonyl (C=O) groups is 2. The molecule has 1 aromatic carbocycles. The molecule has 12 nitrogen and oxygen atoms in total. The minimum absolute atomic E-state index is 0.0445. The van der Waals surface area contributed by atoms with Crippen LogP contribution in [-0.2, 0) is 25.5 Å².